The Morgan fingerprint density at radius 2 is 1.82 bits per heavy atom. The Morgan fingerprint density at radius 3 is 2.41 bits per heavy atom. The van der Waals surface area contributed by atoms with Crippen LogP contribution in [0.3, 0.4) is 0 Å². The van der Waals surface area contributed by atoms with Gasteiger partial charge in [0.05, 0.1) is 6.26 Å². The molecule has 118 valence electrons. The minimum atomic E-state index is -3.69. The van der Waals surface area contributed by atoms with E-state index in [2.05, 4.69) is 0 Å². The molecule has 8 heteroatoms. The van der Waals surface area contributed by atoms with E-state index in [0.29, 0.717) is 5.56 Å². The molecule has 0 radical (unpaired) electrons. The molecule has 0 unspecified atom stereocenters. The topological polar surface area (TPSA) is 63.7 Å². The molecule has 0 atom stereocenters. The third-order valence-electron chi connectivity index (χ3n) is 2.76. The van der Waals surface area contributed by atoms with E-state index in [0.717, 1.165) is 30.5 Å². The summed E-state index contributed by atoms with van der Waals surface area (Å²) in [4.78, 5) is 13.2. The van der Waals surface area contributed by atoms with Gasteiger partial charge in [0.2, 0.25) is 5.91 Å². The van der Waals surface area contributed by atoms with Crippen LogP contribution in [0.2, 0.25) is 0 Å². The summed E-state index contributed by atoms with van der Waals surface area (Å²) in [6, 6.07) is 3.00. The highest BCUT2D eigenvalue weighted by Gasteiger charge is 2.16. The molecule has 0 saturated heterocycles. The number of allylic oxidation sites excluding steroid dienone is 1. The Balaban J connectivity index is 2.16. The Kier molecular flexibility index (Phi) is 4.60. The molecule has 0 aliphatic carbocycles. The Labute approximate surface area is 126 Å². The maximum absolute atomic E-state index is 13.2. The Morgan fingerprint density at radius 1 is 1.18 bits per heavy atom. The van der Waals surface area contributed by atoms with Crippen LogP contribution in [-0.4, -0.2) is 32.0 Å². The van der Waals surface area contributed by atoms with Crippen molar-refractivity contribution in [3.63, 3.8) is 0 Å². The fraction of sp³-hybridized carbons (Fsp3) is 0.214. The summed E-state index contributed by atoms with van der Waals surface area (Å²) in [6.07, 6.45) is 4.66. The lowest BCUT2D eigenvalue weighted by Gasteiger charge is -2.18. The number of hydrogen-bond acceptors (Lipinski definition) is 4. The molecular weight excluding hydrogens is 316 g/mol. The van der Waals surface area contributed by atoms with Crippen molar-refractivity contribution < 1.29 is 26.2 Å². The van der Waals surface area contributed by atoms with Crippen LogP contribution in [0.25, 0.3) is 0 Å². The van der Waals surface area contributed by atoms with Crippen LogP contribution in [0.4, 0.5) is 8.78 Å². The number of carbonyl (C=O) groups is 1. The van der Waals surface area contributed by atoms with E-state index in [-0.39, 0.29) is 18.8 Å². The fourth-order valence-electron chi connectivity index (χ4n) is 1.92. The van der Waals surface area contributed by atoms with Crippen molar-refractivity contribution in [1.29, 1.82) is 0 Å². The maximum Gasteiger partial charge on any atom is 0.306 e. The molecule has 1 aromatic rings. The van der Waals surface area contributed by atoms with Gasteiger partial charge in [-0.15, -0.1) is 0 Å². The van der Waals surface area contributed by atoms with Gasteiger partial charge in [0, 0.05) is 25.2 Å². The molecule has 22 heavy (non-hydrogen) atoms. The van der Waals surface area contributed by atoms with Crippen molar-refractivity contribution in [1.82, 2.24) is 4.90 Å². The third kappa shape index (κ3) is 4.66. The number of rotatable bonds is 4. The van der Waals surface area contributed by atoms with E-state index in [1.807, 2.05) is 0 Å². The number of carbonyl (C=O) groups excluding carboxylic acids is 1. The highest BCUT2D eigenvalue weighted by atomic mass is 32.2. The first-order valence-corrected chi connectivity index (χ1v) is 8.06. The van der Waals surface area contributed by atoms with Crippen molar-refractivity contribution in [2.24, 2.45) is 0 Å². The second-order valence-corrected chi connectivity index (χ2v) is 6.30. The molecule has 2 rings (SSSR count). The summed E-state index contributed by atoms with van der Waals surface area (Å²) in [5.74, 6) is -1.87. The molecule has 0 aromatic heterocycles. The molecule has 0 fully saturated rings. The maximum atomic E-state index is 13.2. The van der Waals surface area contributed by atoms with E-state index >= 15 is 0 Å². The molecule has 1 amide bonds. The number of benzene rings is 1. The Bertz CT molecular complexity index is 736. The van der Waals surface area contributed by atoms with Gasteiger partial charge in [0.1, 0.15) is 17.4 Å². The van der Waals surface area contributed by atoms with Gasteiger partial charge in [0.25, 0.3) is 0 Å². The molecule has 0 bridgehead atoms. The van der Waals surface area contributed by atoms with Gasteiger partial charge in [-0.2, -0.15) is 8.42 Å². The van der Waals surface area contributed by atoms with E-state index in [4.69, 9.17) is 4.18 Å². The molecule has 1 aromatic carbocycles. The lowest BCUT2D eigenvalue weighted by molar-refractivity contribution is -0.126. The summed E-state index contributed by atoms with van der Waals surface area (Å²) in [7, 11) is -3.69. The average molecular weight is 329 g/mol. The van der Waals surface area contributed by atoms with Crippen LogP contribution >= 0.6 is 0 Å². The van der Waals surface area contributed by atoms with Crippen LogP contribution < -0.4 is 0 Å². The van der Waals surface area contributed by atoms with E-state index in [1.54, 1.807) is 0 Å². The summed E-state index contributed by atoms with van der Waals surface area (Å²) < 4.78 is 53.1. The first kappa shape index (κ1) is 16.2. The smallest absolute Gasteiger partial charge is 0.306 e. The largest absolute Gasteiger partial charge is 0.383 e. The zero-order chi connectivity index (χ0) is 16.3. The zero-order valence-corrected chi connectivity index (χ0v) is 12.4. The van der Waals surface area contributed by atoms with Crippen LogP contribution in [-0.2, 0) is 25.6 Å². The van der Waals surface area contributed by atoms with Gasteiger partial charge >= 0.3 is 10.1 Å². The number of amides is 1. The van der Waals surface area contributed by atoms with E-state index < -0.39 is 27.7 Å². The van der Waals surface area contributed by atoms with Crippen molar-refractivity contribution in [3.05, 3.63) is 59.4 Å². The van der Waals surface area contributed by atoms with Gasteiger partial charge in [-0.25, -0.2) is 8.78 Å². The normalized spacial score (nSPS) is 15.5. The van der Waals surface area contributed by atoms with Gasteiger partial charge in [0.15, 0.2) is 0 Å². The summed E-state index contributed by atoms with van der Waals surface area (Å²) in [6.45, 7) is 0.0370. The first-order valence-electron chi connectivity index (χ1n) is 6.24. The van der Waals surface area contributed by atoms with E-state index in [9.17, 15) is 22.0 Å². The van der Waals surface area contributed by atoms with Gasteiger partial charge in [-0.1, -0.05) is 0 Å². The molecule has 0 spiro atoms. The predicted octanol–water partition coefficient (Wildman–Crippen LogP) is 1.72. The molecule has 1 aliphatic heterocycles. The molecule has 5 nitrogen and oxygen atoms in total. The molecule has 1 heterocycles. The second kappa shape index (κ2) is 6.27. The summed E-state index contributed by atoms with van der Waals surface area (Å²) >= 11 is 0. The summed E-state index contributed by atoms with van der Waals surface area (Å²) in [5, 5.41) is 0. The highest BCUT2D eigenvalue weighted by Crippen LogP contribution is 2.14. The predicted molar refractivity (Wildman–Crippen MR) is 74.9 cm³/mol. The van der Waals surface area contributed by atoms with Gasteiger partial charge in [-0.05, 0) is 29.8 Å². The third-order valence-corrected chi connectivity index (χ3v) is 3.25. The zero-order valence-electron chi connectivity index (χ0n) is 11.6. The first-order chi connectivity index (χ1) is 10.2. The molecule has 0 N–H and O–H groups in total. The van der Waals surface area contributed by atoms with Crippen molar-refractivity contribution in [2.75, 3.05) is 12.8 Å². The minimum absolute atomic E-state index is 0.0134. The van der Waals surface area contributed by atoms with Crippen LogP contribution in [0.15, 0.2) is 42.2 Å². The monoisotopic (exact) mass is 329 g/mol. The van der Waals surface area contributed by atoms with Gasteiger partial charge in [-0.3, -0.25) is 4.79 Å². The average Bonchev–Trinajstić information content (AvgIpc) is 2.51. The molecule has 1 aliphatic rings. The lowest BCUT2D eigenvalue weighted by Crippen LogP contribution is -2.28. The highest BCUT2D eigenvalue weighted by molar-refractivity contribution is 7.86. The van der Waals surface area contributed by atoms with Crippen molar-refractivity contribution in [2.45, 2.75) is 6.54 Å². The standard InChI is InChI=1S/C14H13F2NO4S/c1-22(19,20)21-13-2-3-14(18)17(5-4-13)9-10-6-11(15)8-12(16)7-10/h2-4,6-8H,5,9H2,1H3. The molecule has 0 saturated carbocycles. The van der Waals surface area contributed by atoms with Crippen LogP contribution in [0, 0.1) is 11.6 Å². The van der Waals surface area contributed by atoms with Crippen molar-refractivity contribution >= 4 is 16.0 Å². The number of hydrogen-bond donors (Lipinski definition) is 0. The summed E-state index contributed by atoms with van der Waals surface area (Å²) in [5.41, 5.74) is 0.292. The van der Waals surface area contributed by atoms with Crippen LogP contribution in [0.5, 0.6) is 0 Å². The Hall–Kier alpha value is -2.22. The number of nitrogens with zero attached hydrogens (tertiary/aromatic N) is 1. The SMILES string of the molecule is CS(=O)(=O)OC1=CCN(Cc2cc(F)cc(F)c2)C(=O)C=C1. The van der Waals surface area contributed by atoms with Gasteiger partial charge < -0.3 is 9.08 Å². The van der Waals surface area contributed by atoms with Crippen molar-refractivity contribution in [3.8, 4) is 0 Å². The molecular formula is C14H13F2NO4S. The minimum Gasteiger partial charge on any atom is -0.383 e. The van der Waals surface area contributed by atoms with E-state index in [1.165, 1.54) is 17.1 Å². The second-order valence-electron chi connectivity index (χ2n) is 4.72. The fourth-order valence-corrected chi connectivity index (χ4v) is 2.39. The quantitative estimate of drug-likeness (QED) is 0.789. The number of halogens is 2. The lowest BCUT2D eigenvalue weighted by atomic mass is 10.2. The van der Waals surface area contributed by atoms with Crippen LogP contribution in [0.1, 0.15) is 5.56 Å².